The van der Waals surface area contributed by atoms with E-state index in [4.69, 9.17) is 4.74 Å². The Balaban J connectivity index is 2.20. The number of anilines is 1. The van der Waals surface area contributed by atoms with Crippen molar-refractivity contribution in [2.24, 2.45) is 0 Å². The molecule has 0 saturated carbocycles. The summed E-state index contributed by atoms with van der Waals surface area (Å²) in [4.78, 5) is 38.5. The first-order chi connectivity index (χ1) is 13.9. The van der Waals surface area contributed by atoms with Crippen LogP contribution in [0.4, 0.5) is 5.69 Å². The fourth-order valence-electron chi connectivity index (χ4n) is 3.14. The van der Waals surface area contributed by atoms with E-state index in [1.54, 1.807) is 30.3 Å². The largest absolute Gasteiger partial charge is 0.507 e. The third-order valence-corrected chi connectivity index (χ3v) is 4.46. The molecule has 2 N–H and O–H groups in total. The van der Waals surface area contributed by atoms with Crippen LogP contribution in [0, 0.1) is 0 Å². The van der Waals surface area contributed by atoms with Crippen molar-refractivity contribution in [1.29, 1.82) is 0 Å². The van der Waals surface area contributed by atoms with Gasteiger partial charge in [-0.15, -0.1) is 0 Å². The minimum absolute atomic E-state index is 0.0910. The quantitative estimate of drug-likeness (QED) is 0.342. The van der Waals surface area contributed by atoms with E-state index >= 15 is 0 Å². The lowest BCUT2D eigenvalue weighted by Crippen LogP contribution is -2.54. The zero-order valence-corrected chi connectivity index (χ0v) is 15.8. The second kappa shape index (κ2) is 7.76. The van der Waals surface area contributed by atoms with Gasteiger partial charge in [0.25, 0.3) is 11.5 Å². The SMILES string of the molecule is CCOc1ccc(C(O)=C2C(=O)C(=O)N(c3ccccc3)C2(O)C(=O)OC)cc1. The molecule has 0 aliphatic carbocycles. The zero-order chi connectivity index (χ0) is 21.2. The molecular formula is C21H19NO7. The number of nitrogens with zero attached hydrogens (tertiary/aromatic N) is 1. The van der Waals surface area contributed by atoms with Gasteiger partial charge in [-0.25, -0.2) is 4.79 Å². The monoisotopic (exact) mass is 397 g/mol. The maximum absolute atomic E-state index is 12.7. The molecule has 1 aliphatic rings. The van der Waals surface area contributed by atoms with E-state index in [0.29, 0.717) is 17.3 Å². The summed E-state index contributed by atoms with van der Waals surface area (Å²) in [5.41, 5.74) is -3.40. The molecular weight excluding hydrogens is 378 g/mol. The van der Waals surface area contributed by atoms with Crippen LogP contribution in [0.25, 0.3) is 5.76 Å². The molecule has 1 atom stereocenters. The highest BCUT2D eigenvalue weighted by molar-refractivity contribution is 6.54. The van der Waals surface area contributed by atoms with Crippen LogP contribution >= 0.6 is 0 Å². The van der Waals surface area contributed by atoms with Crippen molar-refractivity contribution in [3.8, 4) is 5.75 Å². The number of para-hydroxylation sites is 1. The number of aliphatic hydroxyl groups excluding tert-OH is 1. The third kappa shape index (κ3) is 3.23. The fraction of sp³-hybridized carbons (Fsp3) is 0.190. The summed E-state index contributed by atoms with van der Waals surface area (Å²) in [6.07, 6.45) is 0. The van der Waals surface area contributed by atoms with E-state index < -0.39 is 34.7 Å². The first-order valence-electron chi connectivity index (χ1n) is 8.77. The van der Waals surface area contributed by atoms with Crippen LogP contribution in [0.1, 0.15) is 12.5 Å². The number of hydrogen-bond acceptors (Lipinski definition) is 7. The number of ether oxygens (including phenoxy) is 2. The predicted molar refractivity (Wildman–Crippen MR) is 103 cm³/mol. The standard InChI is InChI=1S/C21H19NO7/c1-3-29-15-11-9-13(10-12-15)17(23)16-18(24)19(25)22(14-7-5-4-6-8-14)21(16,27)20(26)28-2/h4-12,23,27H,3H2,1-2H3. The molecule has 0 spiro atoms. The number of ketones is 1. The molecule has 0 aromatic heterocycles. The number of esters is 1. The van der Waals surface area contributed by atoms with E-state index in [1.807, 2.05) is 6.92 Å². The Bertz CT molecular complexity index is 982. The first-order valence-corrected chi connectivity index (χ1v) is 8.77. The zero-order valence-electron chi connectivity index (χ0n) is 15.8. The summed E-state index contributed by atoms with van der Waals surface area (Å²) in [7, 11) is 1.00. The second-order valence-electron chi connectivity index (χ2n) is 6.15. The van der Waals surface area contributed by atoms with Gasteiger partial charge in [-0.05, 0) is 43.3 Å². The third-order valence-electron chi connectivity index (χ3n) is 4.46. The van der Waals surface area contributed by atoms with Gasteiger partial charge in [0.15, 0.2) is 0 Å². The molecule has 3 rings (SSSR count). The molecule has 8 nitrogen and oxygen atoms in total. The van der Waals surface area contributed by atoms with Crippen LogP contribution in [0.5, 0.6) is 5.75 Å². The maximum atomic E-state index is 12.7. The number of amides is 1. The molecule has 29 heavy (non-hydrogen) atoms. The van der Waals surface area contributed by atoms with Crippen molar-refractivity contribution >= 4 is 29.1 Å². The van der Waals surface area contributed by atoms with Crippen LogP contribution < -0.4 is 9.64 Å². The molecule has 1 heterocycles. The van der Waals surface area contributed by atoms with Crippen LogP contribution in [-0.2, 0) is 19.1 Å². The topological polar surface area (TPSA) is 113 Å². The molecule has 2 aromatic carbocycles. The highest BCUT2D eigenvalue weighted by Gasteiger charge is 2.62. The Morgan fingerprint density at radius 1 is 1.07 bits per heavy atom. The summed E-state index contributed by atoms with van der Waals surface area (Å²) in [5.74, 6) is -3.85. The van der Waals surface area contributed by atoms with Gasteiger partial charge in [-0.1, -0.05) is 18.2 Å². The van der Waals surface area contributed by atoms with Gasteiger partial charge in [-0.2, -0.15) is 0 Å². The Kier molecular flexibility index (Phi) is 5.38. The highest BCUT2D eigenvalue weighted by atomic mass is 16.5. The molecule has 1 aliphatic heterocycles. The van der Waals surface area contributed by atoms with Crippen LogP contribution in [-0.4, -0.2) is 47.3 Å². The minimum atomic E-state index is -2.83. The number of methoxy groups -OCH3 is 1. The van der Waals surface area contributed by atoms with Crippen molar-refractivity contribution in [3.63, 3.8) is 0 Å². The predicted octanol–water partition coefficient (Wildman–Crippen LogP) is 1.83. The number of Topliss-reactive ketones (excluding diaryl/α,β-unsaturated/α-hetero) is 1. The molecule has 1 amide bonds. The summed E-state index contributed by atoms with van der Waals surface area (Å²) in [6.45, 7) is 2.25. The number of carbonyl (C=O) groups is 3. The lowest BCUT2D eigenvalue weighted by atomic mass is 9.97. The average Bonchev–Trinajstić information content (AvgIpc) is 2.94. The van der Waals surface area contributed by atoms with Crippen molar-refractivity contribution in [3.05, 3.63) is 65.7 Å². The Labute approximate surface area is 166 Å². The lowest BCUT2D eigenvalue weighted by molar-refractivity contribution is -0.158. The first kappa shape index (κ1) is 20.1. The van der Waals surface area contributed by atoms with Crippen LogP contribution in [0.3, 0.4) is 0 Å². The van der Waals surface area contributed by atoms with E-state index in [1.165, 1.54) is 24.3 Å². The highest BCUT2D eigenvalue weighted by Crippen LogP contribution is 2.39. The molecule has 2 aromatic rings. The van der Waals surface area contributed by atoms with E-state index in [-0.39, 0.29) is 11.3 Å². The second-order valence-corrected chi connectivity index (χ2v) is 6.15. The van der Waals surface area contributed by atoms with Gasteiger partial charge in [0, 0.05) is 11.3 Å². The van der Waals surface area contributed by atoms with E-state index in [9.17, 15) is 24.6 Å². The Morgan fingerprint density at radius 3 is 2.24 bits per heavy atom. The minimum Gasteiger partial charge on any atom is -0.507 e. The number of hydrogen-bond donors (Lipinski definition) is 2. The number of aliphatic hydroxyl groups is 2. The molecule has 1 saturated heterocycles. The van der Waals surface area contributed by atoms with Crippen LogP contribution in [0.2, 0.25) is 0 Å². The van der Waals surface area contributed by atoms with Gasteiger partial charge in [0.1, 0.15) is 17.1 Å². The molecule has 8 heteroatoms. The van der Waals surface area contributed by atoms with Crippen molar-refractivity contribution in [2.45, 2.75) is 12.6 Å². The Morgan fingerprint density at radius 2 is 1.69 bits per heavy atom. The summed E-state index contributed by atoms with van der Waals surface area (Å²) in [5, 5.41) is 22.0. The summed E-state index contributed by atoms with van der Waals surface area (Å²) >= 11 is 0. The maximum Gasteiger partial charge on any atom is 0.365 e. The van der Waals surface area contributed by atoms with Gasteiger partial charge in [0.2, 0.25) is 0 Å². The summed E-state index contributed by atoms with van der Waals surface area (Å²) < 4.78 is 9.98. The van der Waals surface area contributed by atoms with Gasteiger partial charge < -0.3 is 19.7 Å². The normalized spacial score (nSPS) is 20.6. The van der Waals surface area contributed by atoms with Crippen molar-refractivity contribution < 1.29 is 34.1 Å². The number of benzene rings is 2. The molecule has 1 unspecified atom stereocenters. The Hall–Kier alpha value is -3.65. The van der Waals surface area contributed by atoms with E-state index in [2.05, 4.69) is 4.74 Å². The van der Waals surface area contributed by atoms with Gasteiger partial charge in [-0.3, -0.25) is 14.5 Å². The smallest absolute Gasteiger partial charge is 0.365 e. The number of carbonyl (C=O) groups excluding carboxylic acids is 3. The lowest BCUT2D eigenvalue weighted by Gasteiger charge is -2.30. The summed E-state index contributed by atoms with van der Waals surface area (Å²) in [6, 6.07) is 13.6. The van der Waals surface area contributed by atoms with E-state index in [0.717, 1.165) is 7.11 Å². The fourth-order valence-corrected chi connectivity index (χ4v) is 3.14. The molecule has 1 fully saturated rings. The van der Waals surface area contributed by atoms with Gasteiger partial charge >= 0.3 is 11.9 Å². The van der Waals surface area contributed by atoms with Gasteiger partial charge in [0.05, 0.1) is 13.7 Å². The molecule has 150 valence electrons. The van der Waals surface area contributed by atoms with Crippen molar-refractivity contribution in [2.75, 3.05) is 18.6 Å². The number of rotatable bonds is 5. The molecule has 0 radical (unpaired) electrons. The average molecular weight is 397 g/mol. The van der Waals surface area contributed by atoms with Crippen LogP contribution in [0.15, 0.2) is 60.2 Å². The van der Waals surface area contributed by atoms with Crippen molar-refractivity contribution in [1.82, 2.24) is 0 Å². The molecule has 0 bridgehead atoms.